The van der Waals surface area contributed by atoms with Gasteiger partial charge in [0.15, 0.2) is 0 Å². The molecular weight excluding hydrogens is 268 g/mol. The summed E-state index contributed by atoms with van der Waals surface area (Å²) in [6.07, 6.45) is 5.37. The van der Waals surface area contributed by atoms with E-state index in [2.05, 4.69) is 39.0 Å². The molecule has 5 heteroatoms. The van der Waals surface area contributed by atoms with Gasteiger partial charge in [0, 0.05) is 42.4 Å². The van der Waals surface area contributed by atoms with Gasteiger partial charge in [-0.15, -0.1) is 11.8 Å². The Hall–Kier alpha value is -1.46. The fourth-order valence-electron chi connectivity index (χ4n) is 3.00. The summed E-state index contributed by atoms with van der Waals surface area (Å²) in [6, 6.07) is 4.47. The van der Waals surface area contributed by atoms with Gasteiger partial charge in [-0.25, -0.2) is 0 Å². The molecule has 104 valence electrons. The van der Waals surface area contributed by atoms with E-state index in [1.807, 2.05) is 18.0 Å². The summed E-state index contributed by atoms with van der Waals surface area (Å²) in [4.78, 5) is 3.81. The monoisotopic (exact) mass is 286 g/mol. The highest BCUT2D eigenvalue weighted by Gasteiger charge is 2.20. The van der Waals surface area contributed by atoms with Crippen molar-refractivity contribution < 1.29 is 0 Å². The first kappa shape index (κ1) is 12.3. The van der Waals surface area contributed by atoms with Crippen LogP contribution in [0, 0.1) is 0 Å². The first-order chi connectivity index (χ1) is 9.92. The summed E-state index contributed by atoms with van der Waals surface area (Å²) in [7, 11) is 0. The lowest BCUT2D eigenvalue weighted by Crippen LogP contribution is -2.43. The Kier molecular flexibility index (Phi) is 3.16. The first-order valence-electron chi connectivity index (χ1n) is 7.17. The summed E-state index contributed by atoms with van der Waals surface area (Å²) in [5.41, 5.74) is 8.36. The number of fused-ring (bicyclic) bond motifs is 3. The number of piperazine rings is 1. The molecule has 3 heterocycles. The van der Waals surface area contributed by atoms with Gasteiger partial charge in [0.1, 0.15) is 0 Å². The van der Waals surface area contributed by atoms with Gasteiger partial charge in [0.05, 0.1) is 17.6 Å². The molecule has 3 aliphatic heterocycles. The Morgan fingerprint density at radius 2 is 2.10 bits per heavy atom. The van der Waals surface area contributed by atoms with Crippen LogP contribution in [-0.2, 0) is 6.42 Å². The van der Waals surface area contributed by atoms with Crippen molar-refractivity contribution in [1.29, 1.82) is 0 Å². The molecule has 4 rings (SSSR count). The molecule has 20 heavy (non-hydrogen) atoms. The van der Waals surface area contributed by atoms with Crippen LogP contribution in [0.4, 0.5) is 5.69 Å². The van der Waals surface area contributed by atoms with Gasteiger partial charge in [0.25, 0.3) is 0 Å². The summed E-state index contributed by atoms with van der Waals surface area (Å²) < 4.78 is 0. The van der Waals surface area contributed by atoms with Crippen LogP contribution in [0.5, 0.6) is 0 Å². The zero-order valence-electron chi connectivity index (χ0n) is 11.4. The second kappa shape index (κ2) is 5.14. The van der Waals surface area contributed by atoms with Crippen molar-refractivity contribution >= 4 is 29.7 Å². The highest BCUT2D eigenvalue weighted by atomic mass is 32.2. The van der Waals surface area contributed by atoms with E-state index in [1.165, 1.54) is 33.2 Å². The van der Waals surface area contributed by atoms with E-state index in [0.717, 1.165) is 32.6 Å². The summed E-state index contributed by atoms with van der Waals surface area (Å²) in [5.74, 6) is 1.19. The minimum Gasteiger partial charge on any atom is -0.368 e. The Bertz CT molecular complexity index is 588. The maximum atomic E-state index is 4.43. The standard InChI is InChI=1S/C15H18N4S/c1-2-14-13(3-8-20-14)15-11(1)9-12(10-17-18-15)19-6-4-16-5-7-19/h1-2,9-10,16,18H,3-8H2. The van der Waals surface area contributed by atoms with E-state index in [-0.39, 0.29) is 0 Å². The van der Waals surface area contributed by atoms with Crippen LogP contribution < -0.4 is 10.7 Å². The highest BCUT2D eigenvalue weighted by molar-refractivity contribution is 7.99. The molecule has 2 N–H and O–H groups in total. The van der Waals surface area contributed by atoms with Crippen LogP contribution in [0.3, 0.4) is 0 Å². The van der Waals surface area contributed by atoms with Crippen molar-refractivity contribution in [3.05, 3.63) is 29.0 Å². The topological polar surface area (TPSA) is 39.7 Å². The molecule has 0 aliphatic carbocycles. The van der Waals surface area contributed by atoms with Gasteiger partial charge in [-0.05, 0) is 24.1 Å². The van der Waals surface area contributed by atoms with E-state index in [4.69, 9.17) is 0 Å². The van der Waals surface area contributed by atoms with Gasteiger partial charge in [-0.2, -0.15) is 5.10 Å². The summed E-state index contributed by atoms with van der Waals surface area (Å²) >= 11 is 1.95. The molecule has 0 aromatic heterocycles. The SMILES string of the molecule is C1=NNc2c(ccc3c2CCS3)C=C1N1CCNCC1. The molecule has 1 aromatic carbocycles. The molecule has 0 spiro atoms. The minimum atomic E-state index is 1.05. The molecule has 1 saturated heterocycles. The van der Waals surface area contributed by atoms with Crippen molar-refractivity contribution in [3.63, 3.8) is 0 Å². The van der Waals surface area contributed by atoms with Gasteiger partial charge in [-0.3, -0.25) is 5.43 Å². The Morgan fingerprint density at radius 1 is 1.20 bits per heavy atom. The molecule has 0 saturated carbocycles. The molecule has 0 unspecified atom stereocenters. The van der Waals surface area contributed by atoms with E-state index >= 15 is 0 Å². The predicted molar refractivity (Wildman–Crippen MR) is 85.4 cm³/mol. The second-order valence-corrected chi connectivity index (χ2v) is 6.42. The second-order valence-electron chi connectivity index (χ2n) is 5.28. The van der Waals surface area contributed by atoms with Crippen LogP contribution in [0.25, 0.3) is 6.08 Å². The van der Waals surface area contributed by atoms with Crippen LogP contribution in [-0.4, -0.2) is 43.0 Å². The zero-order chi connectivity index (χ0) is 13.4. The number of nitrogens with one attached hydrogen (secondary N) is 2. The molecule has 0 amide bonds. The largest absolute Gasteiger partial charge is 0.368 e. The van der Waals surface area contributed by atoms with Crippen LogP contribution in [0.2, 0.25) is 0 Å². The lowest BCUT2D eigenvalue weighted by molar-refractivity contribution is 0.315. The molecule has 0 atom stereocenters. The number of benzene rings is 1. The minimum absolute atomic E-state index is 1.05. The van der Waals surface area contributed by atoms with Crippen LogP contribution in [0.15, 0.2) is 27.8 Å². The average Bonchev–Trinajstić information content (AvgIpc) is 2.87. The molecule has 1 aromatic rings. The van der Waals surface area contributed by atoms with Gasteiger partial charge in [0.2, 0.25) is 0 Å². The molecule has 0 radical (unpaired) electrons. The third-order valence-corrected chi connectivity index (χ3v) is 5.17. The van der Waals surface area contributed by atoms with Crippen LogP contribution in [0.1, 0.15) is 11.1 Å². The Labute approximate surface area is 123 Å². The molecule has 4 nitrogen and oxygen atoms in total. The molecular formula is C15H18N4S. The fourth-order valence-corrected chi connectivity index (χ4v) is 4.07. The van der Waals surface area contributed by atoms with Crippen molar-refractivity contribution in [2.75, 3.05) is 37.4 Å². The highest BCUT2D eigenvalue weighted by Crippen LogP contribution is 2.39. The van der Waals surface area contributed by atoms with Crippen molar-refractivity contribution in [3.8, 4) is 0 Å². The predicted octanol–water partition coefficient (Wildman–Crippen LogP) is 1.99. The van der Waals surface area contributed by atoms with Crippen molar-refractivity contribution in [2.45, 2.75) is 11.3 Å². The van der Waals surface area contributed by atoms with Crippen molar-refractivity contribution in [1.82, 2.24) is 10.2 Å². The van der Waals surface area contributed by atoms with Gasteiger partial charge in [-0.1, -0.05) is 6.07 Å². The number of allylic oxidation sites excluding steroid dienone is 1. The Morgan fingerprint density at radius 3 is 3.00 bits per heavy atom. The zero-order valence-corrected chi connectivity index (χ0v) is 12.2. The van der Waals surface area contributed by atoms with E-state index < -0.39 is 0 Å². The number of hydrazone groups is 1. The third-order valence-electron chi connectivity index (χ3n) is 4.07. The van der Waals surface area contributed by atoms with E-state index in [1.54, 1.807) is 0 Å². The molecule has 1 fully saturated rings. The number of anilines is 1. The summed E-state index contributed by atoms with van der Waals surface area (Å²) in [6.45, 7) is 4.19. The van der Waals surface area contributed by atoms with Gasteiger partial charge < -0.3 is 10.2 Å². The molecule has 3 aliphatic rings. The molecule has 0 bridgehead atoms. The number of hydrogen-bond donors (Lipinski definition) is 2. The third kappa shape index (κ3) is 2.11. The number of hydrogen-bond acceptors (Lipinski definition) is 5. The maximum absolute atomic E-state index is 4.43. The van der Waals surface area contributed by atoms with E-state index in [9.17, 15) is 0 Å². The number of rotatable bonds is 1. The maximum Gasteiger partial charge on any atom is 0.0706 e. The normalized spacial score (nSPS) is 20.8. The smallest absolute Gasteiger partial charge is 0.0706 e. The number of nitrogens with zero attached hydrogens (tertiary/aromatic N) is 2. The van der Waals surface area contributed by atoms with Gasteiger partial charge >= 0.3 is 0 Å². The fraction of sp³-hybridized carbons (Fsp3) is 0.400. The van der Waals surface area contributed by atoms with Crippen LogP contribution >= 0.6 is 11.8 Å². The lowest BCUT2D eigenvalue weighted by Gasteiger charge is -2.29. The summed E-state index contributed by atoms with van der Waals surface area (Å²) in [5, 5.41) is 7.82. The van der Waals surface area contributed by atoms with Crippen molar-refractivity contribution in [2.24, 2.45) is 5.10 Å². The first-order valence-corrected chi connectivity index (χ1v) is 8.15. The Balaban J connectivity index is 1.73. The quantitative estimate of drug-likeness (QED) is 0.828. The van der Waals surface area contributed by atoms with E-state index in [0.29, 0.717) is 0 Å². The number of thioether (sulfide) groups is 1. The average molecular weight is 286 g/mol. The lowest BCUT2D eigenvalue weighted by atomic mass is 10.0.